The molecule has 0 amide bonds. The lowest BCUT2D eigenvalue weighted by atomic mass is 10.2. The second kappa shape index (κ2) is 5.70. The highest BCUT2D eigenvalue weighted by Gasteiger charge is 2.08. The molecule has 2 N–H and O–H groups in total. The van der Waals surface area contributed by atoms with Gasteiger partial charge in [0.25, 0.3) is 0 Å². The predicted octanol–water partition coefficient (Wildman–Crippen LogP) is 1.85. The van der Waals surface area contributed by atoms with E-state index in [1.165, 1.54) is 0 Å². The van der Waals surface area contributed by atoms with Gasteiger partial charge >= 0.3 is 0 Å². The number of benzene rings is 1. The number of rotatable bonds is 4. The number of aromatic nitrogens is 1. The Morgan fingerprint density at radius 2 is 1.88 bits per heavy atom. The lowest BCUT2D eigenvalue weighted by Crippen LogP contribution is -2.06. The molecule has 0 fully saturated rings. The average molecular weight is 246 g/mol. The molecule has 0 radical (unpaired) electrons. The van der Waals surface area contributed by atoms with Crippen molar-refractivity contribution < 1.29 is 4.21 Å². The van der Waals surface area contributed by atoms with Crippen LogP contribution in [0.4, 0.5) is 0 Å². The van der Waals surface area contributed by atoms with E-state index < -0.39 is 10.8 Å². The van der Waals surface area contributed by atoms with E-state index in [0.717, 1.165) is 16.2 Å². The minimum absolute atomic E-state index is 0.377. The predicted molar refractivity (Wildman–Crippen MR) is 68.7 cm³/mol. The second-order valence-corrected chi connectivity index (χ2v) is 5.07. The Kier molecular flexibility index (Phi) is 4.01. The van der Waals surface area contributed by atoms with E-state index in [1.807, 2.05) is 42.5 Å². The van der Waals surface area contributed by atoms with E-state index in [1.54, 1.807) is 6.20 Å². The molecule has 0 saturated heterocycles. The summed E-state index contributed by atoms with van der Waals surface area (Å²) in [5.41, 5.74) is 7.38. The summed E-state index contributed by atoms with van der Waals surface area (Å²) < 4.78 is 12.1. The molecule has 0 spiro atoms. The van der Waals surface area contributed by atoms with Crippen LogP contribution in [0.3, 0.4) is 0 Å². The minimum Gasteiger partial charge on any atom is -0.325 e. The van der Waals surface area contributed by atoms with Crippen molar-refractivity contribution in [3.05, 3.63) is 59.9 Å². The number of pyridine rings is 1. The van der Waals surface area contributed by atoms with E-state index in [2.05, 4.69) is 4.98 Å². The van der Waals surface area contributed by atoms with Gasteiger partial charge in [-0.15, -0.1) is 0 Å². The first-order chi connectivity index (χ1) is 8.31. The molecule has 88 valence electrons. The molecule has 1 heterocycles. The lowest BCUT2D eigenvalue weighted by molar-refractivity contribution is 0.682. The summed E-state index contributed by atoms with van der Waals surface area (Å²) in [5.74, 6) is 0.463. The smallest absolute Gasteiger partial charge is 0.0580 e. The fourth-order valence-corrected chi connectivity index (χ4v) is 2.76. The van der Waals surface area contributed by atoms with Crippen molar-refractivity contribution in [2.24, 2.45) is 5.73 Å². The molecule has 4 heteroatoms. The maximum absolute atomic E-state index is 12.1. The third-order valence-electron chi connectivity index (χ3n) is 2.47. The monoisotopic (exact) mass is 246 g/mol. The van der Waals surface area contributed by atoms with Gasteiger partial charge in [-0.1, -0.05) is 24.3 Å². The first-order valence-electron chi connectivity index (χ1n) is 5.37. The zero-order chi connectivity index (χ0) is 12.1. The van der Waals surface area contributed by atoms with Crippen LogP contribution in [-0.4, -0.2) is 9.19 Å². The summed E-state index contributed by atoms with van der Waals surface area (Å²) in [6, 6.07) is 13.2. The van der Waals surface area contributed by atoms with Crippen LogP contribution < -0.4 is 5.73 Å². The van der Waals surface area contributed by atoms with Crippen LogP contribution in [0, 0.1) is 0 Å². The van der Waals surface area contributed by atoms with Crippen LogP contribution in [0.5, 0.6) is 0 Å². The van der Waals surface area contributed by atoms with Crippen molar-refractivity contribution in [2.45, 2.75) is 17.2 Å². The molecule has 1 aromatic carbocycles. The van der Waals surface area contributed by atoms with Gasteiger partial charge in [0, 0.05) is 17.6 Å². The highest BCUT2D eigenvalue weighted by molar-refractivity contribution is 7.84. The zero-order valence-electron chi connectivity index (χ0n) is 9.37. The summed E-state index contributed by atoms with van der Waals surface area (Å²) in [5, 5.41) is 0. The van der Waals surface area contributed by atoms with Gasteiger partial charge in [0.1, 0.15) is 0 Å². The summed E-state index contributed by atoms with van der Waals surface area (Å²) >= 11 is 0. The zero-order valence-corrected chi connectivity index (χ0v) is 10.2. The molecule has 0 aliphatic rings. The van der Waals surface area contributed by atoms with Gasteiger partial charge in [-0.05, 0) is 23.8 Å². The highest BCUT2D eigenvalue weighted by Crippen LogP contribution is 2.13. The highest BCUT2D eigenvalue weighted by atomic mass is 32.2. The fourth-order valence-electron chi connectivity index (χ4n) is 1.58. The molecule has 0 aliphatic heterocycles. The molecule has 0 saturated carbocycles. The molecule has 17 heavy (non-hydrogen) atoms. The van der Waals surface area contributed by atoms with Crippen molar-refractivity contribution in [3.8, 4) is 0 Å². The van der Waals surface area contributed by atoms with Crippen LogP contribution in [0.1, 0.15) is 11.3 Å². The van der Waals surface area contributed by atoms with Crippen molar-refractivity contribution in [3.63, 3.8) is 0 Å². The summed E-state index contributed by atoms with van der Waals surface area (Å²) in [7, 11) is -1.04. The van der Waals surface area contributed by atoms with Crippen LogP contribution in [0.15, 0.2) is 53.6 Å². The Morgan fingerprint density at radius 1 is 1.12 bits per heavy atom. The van der Waals surface area contributed by atoms with Gasteiger partial charge in [0.05, 0.1) is 22.2 Å². The Labute approximate surface area is 103 Å². The number of hydrogen-bond acceptors (Lipinski definition) is 3. The van der Waals surface area contributed by atoms with Crippen molar-refractivity contribution in [2.75, 3.05) is 0 Å². The van der Waals surface area contributed by atoms with Crippen molar-refractivity contribution in [1.82, 2.24) is 4.98 Å². The summed E-state index contributed by atoms with van der Waals surface area (Å²) in [6.45, 7) is 0.377. The van der Waals surface area contributed by atoms with Crippen LogP contribution >= 0.6 is 0 Å². The van der Waals surface area contributed by atoms with E-state index in [9.17, 15) is 4.21 Å². The SMILES string of the molecule is NCc1ncccc1CS(=O)c1ccccc1. The van der Waals surface area contributed by atoms with E-state index in [-0.39, 0.29) is 0 Å². The molecule has 2 aromatic rings. The first-order valence-corrected chi connectivity index (χ1v) is 6.69. The van der Waals surface area contributed by atoms with Gasteiger partial charge in [0.2, 0.25) is 0 Å². The largest absolute Gasteiger partial charge is 0.325 e. The Morgan fingerprint density at radius 3 is 2.59 bits per heavy atom. The summed E-state index contributed by atoms with van der Waals surface area (Å²) in [4.78, 5) is 5.02. The normalized spacial score (nSPS) is 12.3. The summed E-state index contributed by atoms with van der Waals surface area (Å²) in [6.07, 6.45) is 1.71. The lowest BCUT2D eigenvalue weighted by Gasteiger charge is -2.06. The first kappa shape index (κ1) is 12.0. The molecule has 0 aliphatic carbocycles. The molecule has 1 unspecified atom stereocenters. The Bertz CT molecular complexity index is 514. The van der Waals surface area contributed by atoms with E-state index in [0.29, 0.717) is 12.3 Å². The number of nitrogens with two attached hydrogens (primary N) is 1. The quantitative estimate of drug-likeness (QED) is 0.895. The van der Waals surface area contributed by atoms with E-state index >= 15 is 0 Å². The molecule has 3 nitrogen and oxygen atoms in total. The standard InChI is InChI=1S/C13H14N2OS/c14-9-13-11(5-4-8-15-13)10-17(16)12-6-2-1-3-7-12/h1-8H,9-10,14H2. The van der Waals surface area contributed by atoms with Gasteiger partial charge in [-0.2, -0.15) is 0 Å². The van der Waals surface area contributed by atoms with Crippen LogP contribution in [0.2, 0.25) is 0 Å². The van der Waals surface area contributed by atoms with Crippen LogP contribution in [-0.2, 0) is 23.1 Å². The van der Waals surface area contributed by atoms with Gasteiger partial charge in [0.15, 0.2) is 0 Å². The molecular weight excluding hydrogens is 232 g/mol. The molecule has 2 rings (SSSR count). The second-order valence-electron chi connectivity index (χ2n) is 3.62. The average Bonchev–Trinajstić information content (AvgIpc) is 2.40. The fraction of sp³-hybridized carbons (Fsp3) is 0.154. The van der Waals surface area contributed by atoms with Gasteiger partial charge < -0.3 is 5.73 Å². The van der Waals surface area contributed by atoms with Crippen molar-refractivity contribution in [1.29, 1.82) is 0 Å². The maximum Gasteiger partial charge on any atom is 0.0580 e. The molecule has 1 aromatic heterocycles. The topological polar surface area (TPSA) is 56.0 Å². The molecular formula is C13H14N2OS. The molecule has 1 atom stereocenters. The van der Waals surface area contributed by atoms with Gasteiger partial charge in [-0.25, -0.2) is 0 Å². The Hall–Kier alpha value is -1.52. The van der Waals surface area contributed by atoms with Crippen molar-refractivity contribution >= 4 is 10.8 Å². The third kappa shape index (κ3) is 2.99. The van der Waals surface area contributed by atoms with E-state index in [4.69, 9.17) is 5.73 Å². The minimum atomic E-state index is -1.04. The Balaban J connectivity index is 2.19. The molecule has 0 bridgehead atoms. The number of nitrogens with zero attached hydrogens (tertiary/aromatic N) is 1. The van der Waals surface area contributed by atoms with Gasteiger partial charge in [-0.3, -0.25) is 9.19 Å². The third-order valence-corrected chi connectivity index (χ3v) is 3.84. The van der Waals surface area contributed by atoms with Crippen LogP contribution in [0.25, 0.3) is 0 Å². The maximum atomic E-state index is 12.1. The number of hydrogen-bond donors (Lipinski definition) is 1.